The second-order valence-corrected chi connectivity index (χ2v) is 14.7. The molecule has 0 saturated carbocycles. The van der Waals surface area contributed by atoms with Gasteiger partial charge < -0.3 is 19.9 Å². The summed E-state index contributed by atoms with van der Waals surface area (Å²) in [6, 6.07) is 21.9. The number of carbonyl (C=O) groups excluding carboxylic acids is 3. The van der Waals surface area contributed by atoms with Crippen LogP contribution in [0.15, 0.2) is 79.1 Å². The molecule has 14 heteroatoms. The fourth-order valence-electron chi connectivity index (χ4n) is 7.92. The molecule has 2 aromatic heterocycles. The Morgan fingerprint density at radius 2 is 1.75 bits per heavy atom. The van der Waals surface area contributed by atoms with Crippen LogP contribution in [-0.2, 0) is 16.0 Å². The van der Waals surface area contributed by atoms with E-state index in [1.165, 1.54) is 0 Å². The summed E-state index contributed by atoms with van der Waals surface area (Å²) in [7, 11) is 0. The minimum atomic E-state index is -0.374. The van der Waals surface area contributed by atoms with Crippen LogP contribution in [0, 0.1) is 6.92 Å². The first-order chi connectivity index (χ1) is 27.3. The Labute approximate surface area is 324 Å². The molecule has 6 heterocycles. The summed E-state index contributed by atoms with van der Waals surface area (Å²) >= 11 is 0. The van der Waals surface area contributed by atoms with Crippen LogP contribution in [-0.4, -0.2) is 114 Å². The van der Waals surface area contributed by atoms with E-state index < -0.39 is 0 Å². The number of rotatable bonds is 8. The summed E-state index contributed by atoms with van der Waals surface area (Å²) in [5.74, 6) is 0.996. The zero-order valence-corrected chi connectivity index (χ0v) is 31.3. The largest absolute Gasteiger partial charge is 0.474 e. The summed E-state index contributed by atoms with van der Waals surface area (Å²) in [6.07, 6.45) is 4.29. The van der Waals surface area contributed by atoms with E-state index in [1.54, 1.807) is 9.48 Å². The van der Waals surface area contributed by atoms with Crippen LogP contribution < -0.4 is 29.7 Å². The Bertz CT molecular complexity index is 2370. The Hall–Kier alpha value is -6.41. The number of aromatic nitrogens is 3. The molecule has 9 rings (SSSR count). The highest BCUT2D eigenvalue weighted by Gasteiger charge is 2.35. The highest BCUT2D eigenvalue weighted by molar-refractivity contribution is 6.05. The van der Waals surface area contributed by atoms with Gasteiger partial charge in [-0.3, -0.25) is 24.7 Å². The molecule has 0 unspecified atom stereocenters. The molecular weight excluding hydrogens is 709 g/mol. The van der Waals surface area contributed by atoms with Gasteiger partial charge in [0.25, 0.3) is 0 Å². The van der Waals surface area contributed by atoms with Crippen LogP contribution >= 0.6 is 0 Å². The van der Waals surface area contributed by atoms with Crippen LogP contribution in [0.1, 0.15) is 17.5 Å². The molecule has 4 amide bonds. The maximum absolute atomic E-state index is 13.3. The number of ether oxygens (including phenoxy) is 1. The molecule has 3 aromatic carbocycles. The first-order valence-electron chi connectivity index (χ1n) is 19.1. The molecular formula is C42H43N10O4+. The van der Waals surface area contributed by atoms with Gasteiger partial charge >= 0.3 is 12.0 Å². The molecule has 0 spiro atoms. The minimum absolute atomic E-state index is 0.126. The number of anilines is 3. The van der Waals surface area contributed by atoms with Crippen molar-refractivity contribution in [1.82, 2.24) is 34.6 Å². The summed E-state index contributed by atoms with van der Waals surface area (Å²) in [6.45, 7) is 12.9. The molecule has 0 aliphatic carbocycles. The van der Waals surface area contributed by atoms with E-state index >= 15 is 0 Å². The van der Waals surface area contributed by atoms with Crippen molar-refractivity contribution >= 4 is 64.2 Å². The van der Waals surface area contributed by atoms with Crippen LogP contribution in [0.5, 0.6) is 5.88 Å². The van der Waals surface area contributed by atoms with E-state index in [-0.39, 0.29) is 17.8 Å². The summed E-state index contributed by atoms with van der Waals surface area (Å²) < 4.78 is 7.42. The normalized spacial score (nSPS) is 17.5. The number of benzene rings is 3. The number of urea groups is 1. The van der Waals surface area contributed by atoms with Crippen molar-refractivity contribution in [3.63, 3.8) is 0 Å². The topological polar surface area (TPSA) is 139 Å². The number of carbonyl (C=O) groups is 3. The lowest BCUT2D eigenvalue weighted by Crippen LogP contribution is -2.63. The molecule has 284 valence electrons. The van der Waals surface area contributed by atoms with E-state index in [0.717, 1.165) is 88.6 Å². The van der Waals surface area contributed by atoms with Crippen LogP contribution in [0.2, 0.25) is 0 Å². The maximum Gasteiger partial charge on any atom is 0.437 e. The molecule has 4 aliphatic rings. The molecule has 0 atom stereocenters. The van der Waals surface area contributed by atoms with Crippen molar-refractivity contribution in [2.24, 2.45) is 0 Å². The van der Waals surface area contributed by atoms with Gasteiger partial charge in [-0.25, -0.2) is 14.4 Å². The Morgan fingerprint density at radius 3 is 2.55 bits per heavy atom. The number of nitrogens with one attached hydrogen (secondary N) is 2. The van der Waals surface area contributed by atoms with Gasteiger partial charge in [-0.15, -0.1) is 0 Å². The SMILES string of the molecule is C=[N+](c1ccc(CC(=O)N2CCN(C3CN(c4cccc(N5CCC(=O)NC5=O)c4)C3)CC2)cc1)c1ncc2ccc(-c3cnc4c(c3C)NCCO4)cc2n1. The van der Waals surface area contributed by atoms with Gasteiger partial charge in [0.2, 0.25) is 17.7 Å². The van der Waals surface area contributed by atoms with Gasteiger partial charge in [0, 0.05) is 94.7 Å². The fraction of sp³-hybridized carbons (Fsp3) is 0.310. The van der Waals surface area contributed by atoms with Gasteiger partial charge in [0.05, 0.1) is 11.8 Å². The summed E-state index contributed by atoms with van der Waals surface area (Å²) in [5.41, 5.74) is 8.45. The molecule has 5 aromatic rings. The smallest absolute Gasteiger partial charge is 0.437 e. The standard InChI is InChI=1S/C42H42N10O4/c1-27-35(24-44-40-39(27)43-13-19-56-40)29-8-9-30-23-45-41(46-36(30)21-29)48(2)31-10-6-28(7-11-31)20-38(54)50-17-15-49(16-18-50)34-25-51(26-34)32-4-3-5-33(22-32)52-14-12-37(53)47-42(52)55/h3-11,21-24,34,43H,2,12-20,25-26H2,1H3/p+1. The third kappa shape index (κ3) is 6.87. The van der Waals surface area contributed by atoms with Gasteiger partial charge in [-0.2, -0.15) is 0 Å². The lowest BCUT2D eigenvalue weighted by molar-refractivity contribution is -0.132. The van der Waals surface area contributed by atoms with Crippen molar-refractivity contribution in [3.05, 3.63) is 90.3 Å². The van der Waals surface area contributed by atoms with Crippen molar-refractivity contribution in [3.8, 4) is 17.0 Å². The third-order valence-corrected chi connectivity index (χ3v) is 11.3. The summed E-state index contributed by atoms with van der Waals surface area (Å²) in [5, 5.41) is 6.73. The first-order valence-corrected chi connectivity index (χ1v) is 19.1. The first kappa shape index (κ1) is 35.3. The highest BCUT2D eigenvalue weighted by Crippen LogP contribution is 2.36. The predicted octanol–water partition coefficient (Wildman–Crippen LogP) is 4.36. The van der Waals surface area contributed by atoms with Crippen LogP contribution in [0.25, 0.3) is 22.0 Å². The lowest BCUT2D eigenvalue weighted by atomic mass is 10.00. The van der Waals surface area contributed by atoms with E-state index in [0.29, 0.717) is 57.0 Å². The van der Waals surface area contributed by atoms with Crippen molar-refractivity contribution in [1.29, 1.82) is 0 Å². The lowest BCUT2D eigenvalue weighted by Gasteiger charge is -2.49. The third-order valence-electron chi connectivity index (χ3n) is 11.3. The molecule has 0 radical (unpaired) electrons. The maximum atomic E-state index is 13.3. The van der Waals surface area contributed by atoms with Gasteiger partial charge in [0.1, 0.15) is 24.2 Å². The van der Waals surface area contributed by atoms with E-state index in [4.69, 9.17) is 9.72 Å². The fourth-order valence-corrected chi connectivity index (χ4v) is 7.92. The molecule has 2 N–H and O–H groups in total. The number of pyridine rings is 1. The second-order valence-electron chi connectivity index (χ2n) is 14.7. The van der Waals surface area contributed by atoms with Gasteiger partial charge in [-0.05, 0) is 66.1 Å². The van der Waals surface area contributed by atoms with E-state index in [1.807, 2.05) is 65.8 Å². The Morgan fingerprint density at radius 1 is 0.946 bits per heavy atom. The number of nitrogens with zero attached hydrogens (tertiary/aromatic N) is 8. The molecule has 3 fully saturated rings. The molecule has 56 heavy (non-hydrogen) atoms. The second kappa shape index (κ2) is 14.7. The van der Waals surface area contributed by atoms with Gasteiger partial charge in [-0.1, -0.05) is 34.2 Å². The summed E-state index contributed by atoms with van der Waals surface area (Å²) in [4.78, 5) is 59.6. The van der Waals surface area contributed by atoms with Crippen LogP contribution in [0.4, 0.5) is 33.5 Å². The monoisotopic (exact) mass is 751 g/mol. The zero-order valence-electron chi connectivity index (χ0n) is 31.3. The minimum Gasteiger partial charge on any atom is -0.474 e. The van der Waals surface area contributed by atoms with Gasteiger partial charge in [0.15, 0.2) is 5.52 Å². The van der Waals surface area contributed by atoms with Crippen molar-refractivity contribution in [2.45, 2.75) is 25.8 Å². The van der Waals surface area contributed by atoms with Crippen molar-refractivity contribution in [2.75, 3.05) is 74.1 Å². The molecule has 4 aliphatic heterocycles. The predicted molar refractivity (Wildman–Crippen MR) is 216 cm³/mol. The van der Waals surface area contributed by atoms with E-state index in [2.05, 4.69) is 62.2 Å². The zero-order chi connectivity index (χ0) is 38.3. The number of fused-ring (bicyclic) bond motifs is 2. The number of amides is 4. The number of imide groups is 1. The average molecular weight is 752 g/mol. The molecule has 3 saturated heterocycles. The number of hydrogen-bond acceptors (Lipinski definition) is 10. The quantitative estimate of drug-likeness (QED) is 0.174. The molecule has 14 nitrogen and oxygen atoms in total. The number of hydrogen-bond donors (Lipinski definition) is 2. The Kier molecular flexibility index (Phi) is 9.25. The Balaban J connectivity index is 0.776. The number of piperazine rings is 1. The van der Waals surface area contributed by atoms with E-state index in [9.17, 15) is 14.4 Å². The van der Waals surface area contributed by atoms with Crippen LogP contribution in [0.3, 0.4) is 0 Å². The highest BCUT2D eigenvalue weighted by atomic mass is 16.5. The molecule has 0 bridgehead atoms. The van der Waals surface area contributed by atoms with Crippen molar-refractivity contribution < 1.29 is 19.1 Å². The average Bonchev–Trinajstić information content (AvgIpc) is 3.20.